The zero-order valence-corrected chi connectivity index (χ0v) is 9.00. The fourth-order valence-corrected chi connectivity index (χ4v) is 1.71. The summed E-state index contributed by atoms with van der Waals surface area (Å²) in [6.07, 6.45) is 0. The van der Waals surface area contributed by atoms with Gasteiger partial charge in [-0.05, 0) is 0 Å². The van der Waals surface area contributed by atoms with E-state index in [4.69, 9.17) is 16.9 Å². The Morgan fingerprint density at radius 3 is 2.50 bits per heavy atom. The molecular weight excluding hydrogens is 202 g/mol. The van der Waals surface area contributed by atoms with Gasteiger partial charge < -0.3 is 4.90 Å². The molecule has 1 rings (SSSR count). The summed E-state index contributed by atoms with van der Waals surface area (Å²) in [5.41, 5.74) is 0. The number of piperazine rings is 1. The molecule has 0 radical (unpaired) electrons. The van der Waals surface area contributed by atoms with Crippen LogP contribution in [0.25, 0.3) is 0 Å². The molecule has 5 heteroatoms. The molecule has 1 amide bonds. The molecule has 0 aromatic rings. The number of hydrogen-bond donors (Lipinski definition) is 0. The molecule has 0 aromatic heterocycles. The summed E-state index contributed by atoms with van der Waals surface area (Å²) in [6.45, 7) is 5.27. The van der Waals surface area contributed by atoms with Crippen molar-refractivity contribution >= 4 is 17.5 Å². The van der Waals surface area contributed by atoms with E-state index in [1.807, 2.05) is 11.0 Å². The highest BCUT2D eigenvalue weighted by atomic mass is 35.5. The fraction of sp³-hybridized carbons (Fsp3) is 0.778. The summed E-state index contributed by atoms with van der Waals surface area (Å²) in [5, 5.41) is 8.09. The largest absolute Gasteiger partial charge is 0.340 e. The van der Waals surface area contributed by atoms with E-state index in [1.165, 1.54) is 0 Å². The monoisotopic (exact) mass is 215 g/mol. The predicted octanol–water partition coefficient (Wildman–Crippen LogP) is 0.281. The number of carbonyl (C=O) groups excluding carboxylic acids is 1. The third kappa shape index (κ3) is 3.17. The molecule has 1 atom stereocenters. The molecule has 0 bridgehead atoms. The van der Waals surface area contributed by atoms with Gasteiger partial charge in [-0.25, -0.2) is 0 Å². The van der Waals surface area contributed by atoms with Gasteiger partial charge in [-0.3, -0.25) is 9.69 Å². The van der Waals surface area contributed by atoms with Gasteiger partial charge in [0.05, 0.1) is 6.07 Å². The first-order chi connectivity index (χ1) is 6.63. The van der Waals surface area contributed by atoms with Crippen LogP contribution in [0, 0.1) is 11.3 Å². The normalized spacial score (nSPS) is 20.2. The first kappa shape index (κ1) is 11.3. The van der Waals surface area contributed by atoms with Crippen LogP contribution in [-0.2, 0) is 4.79 Å². The number of hydrogen-bond acceptors (Lipinski definition) is 3. The molecule has 0 aliphatic carbocycles. The average Bonchev–Trinajstić information content (AvgIpc) is 2.18. The first-order valence-electron chi connectivity index (χ1n) is 4.65. The van der Waals surface area contributed by atoms with Crippen molar-refractivity contribution in [2.24, 2.45) is 0 Å². The highest BCUT2D eigenvalue weighted by Crippen LogP contribution is 2.05. The van der Waals surface area contributed by atoms with E-state index in [0.29, 0.717) is 6.54 Å². The van der Waals surface area contributed by atoms with E-state index in [2.05, 4.69) is 4.90 Å². The number of alkyl halides is 1. The van der Waals surface area contributed by atoms with Gasteiger partial charge in [-0.15, -0.1) is 11.6 Å². The van der Waals surface area contributed by atoms with Crippen molar-refractivity contribution in [1.29, 1.82) is 5.26 Å². The van der Waals surface area contributed by atoms with Crippen molar-refractivity contribution in [3.8, 4) is 6.07 Å². The van der Waals surface area contributed by atoms with E-state index in [0.717, 1.165) is 26.2 Å². The van der Waals surface area contributed by atoms with Crippen molar-refractivity contribution in [2.75, 3.05) is 32.7 Å². The van der Waals surface area contributed by atoms with Crippen LogP contribution < -0.4 is 0 Å². The summed E-state index contributed by atoms with van der Waals surface area (Å²) in [7, 11) is 0. The van der Waals surface area contributed by atoms with Crippen molar-refractivity contribution in [3.05, 3.63) is 0 Å². The molecule has 0 aromatic carbocycles. The van der Waals surface area contributed by atoms with Crippen LogP contribution in [0.15, 0.2) is 0 Å². The quantitative estimate of drug-likeness (QED) is 0.622. The third-order valence-corrected chi connectivity index (χ3v) is 2.61. The van der Waals surface area contributed by atoms with Gasteiger partial charge in [0.2, 0.25) is 5.91 Å². The van der Waals surface area contributed by atoms with Gasteiger partial charge in [0, 0.05) is 39.6 Å². The van der Waals surface area contributed by atoms with Crippen LogP contribution in [0.4, 0.5) is 0 Å². The maximum Gasteiger partial charge on any atom is 0.219 e. The lowest BCUT2D eigenvalue weighted by Crippen LogP contribution is -2.49. The Balaban J connectivity index is 2.29. The molecule has 0 spiro atoms. The minimum absolute atomic E-state index is 0.118. The van der Waals surface area contributed by atoms with Crippen molar-refractivity contribution in [2.45, 2.75) is 12.3 Å². The Bertz CT molecular complexity index is 243. The Morgan fingerprint density at radius 1 is 1.50 bits per heavy atom. The van der Waals surface area contributed by atoms with Gasteiger partial charge in [-0.2, -0.15) is 5.26 Å². The van der Waals surface area contributed by atoms with Crippen molar-refractivity contribution in [1.82, 2.24) is 9.80 Å². The van der Waals surface area contributed by atoms with Crippen LogP contribution in [0.1, 0.15) is 6.92 Å². The highest BCUT2D eigenvalue weighted by Gasteiger charge is 2.19. The summed E-state index contributed by atoms with van der Waals surface area (Å²) in [4.78, 5) is 14.9. The number of amides is 1. The summed E-state index contributed by atoms with van der Waals surface area (Å²) in [5.74, 6) is 0.118. The molecule has 1 fully saturated rings. The summed E-state index contributed by atoms with van der Waals surface area (Å²) < 4.78 is 0. The Morgan fingerprint density at radius 2 is 2.07 bits per heavy atom. The maximum absolute atomic E-state index is 11.0. The minimum Gasteiger partial charge on any atom is -0.340 e. The molecule has 1 aliphatic heterocycles. The zero-order chi connectivity index (χ0) is 10.6. The third-order valence-electron chi connectivity index (χ3n) is 2.38. The van der Waals surface area contributed by atoms with Gasteiger partial charge in [0.15, 0.2) is 0 Å². The molecular formula is C9H14ClN3O. The van der Waals surface area contributed by atoms with E-state index in [1.54, 1.807) is 6.92 Å². The zero-order valence-electron chi connectivity index (χ0n) is 8.24. The molecule has 78 valence electrons. The molecule has 4 nitrogen and oxygen atoms in total. The number of carbonyl (C=O) groups is 1. The molecule has 1 saturated heterocycles. The van der Waals surface area contributed by atoms with Crippen LogP contribution >= 0.6 is 11.6 Å². The number of rotatable bonds is 2. The maximum atomic E-state index is 11.0. The van der Waals surface area contributed by atoms with Crippen LogP contribution in [0.3, 0.4) is 0 Å². The van der Waals surface area contributed by atoms with Gasteiger partial charge >= 0.3 is 0 Å². The second kappa shape index (κ2) is 5.18. The Labute approximate surface area is 89.0 Å². The van der Waals surface area contributed by atoms with E-state index in [-0.39, 0.29) is 5.91 Å². The number of halogens is 1. The van der Waals surface area contributed by atoms with E-state index in [9.17, 15) is 4.79 Å². The van der Waals surface area contributed by atoms with Crippen LogP contribution in [0.5, 0.6) is 0 Å². The molecule has 0 N–H and O–H groups in total. The molecule has 1 aliphatic rings. The Hall–Kier alpha value is -0.790. The number of nitriles is 1. The molecule has 1 unspecified atom stereocenters. The lowest BCUT2D eigenvalue weighted by atomic mass is 10.3. The second-order valence-electron chi connectivity index (χ2n) is 3.40. The Kier molecular flexibility index (Phi) is 4.18. The molecule has 1 heterocycles. The predicted molar refractivity (Wildman–Crippen MR) is 53.9 cm³/mol. The van der Waals surface area contributed by atoms with Gasteiger partial charge in [0.1, 0.15) is 5.38 Å². The standard InChI is InChI=1S/C9H14ClN3O/c1-8(14)13-4-2-12(3-5-13)7-9(10)6-11/h9H,2-5,7H2,1H3. The van der Waals surface area contributed by atoms with Crippen LogP contribution in [0.2, 0.25) is 0 Å². The lowest BCUT2D eigenvalue weighted by Gasteiger charge is -2.34. The first-order valence-corrected chi connectivity index (χ1v) is 5.08. The summed E-state index contributed by atoms with van der Waals surface area (Å²) >= 11 is 5.71. The van der Waals surface area contributed by atoms with Crippen LogP contribution in [-0.4, -0.2) is 53.8 Å². The average molecular weight is 216 g/mol. The van der Waals surface area contributed by atoms with Crippen molar-refractivity contribution in [3.63, 3.8) is 0 Å². The highest BCUT2D eigenvalue weighted by molar-refractivity contribution is 6.22. The minimum atomic E-state index is -0.445. The van der Waals surface area contributed by atoms with E-state index >= 15 is 0 Å². The SMILES string of the molecule is CC(=O)N1CCN(CC(Cl)C#N)CC1. The summed E-state index contributed by atoms with van der Waals surface area (Å²) in [6, 6.07) is 1.99. The van der Waals surface area contributed by atoms with E-state index < -0.39 is 5.38 Å². The fourth-order valence-electron chi connectivity index (χ4n) is 1.51. The number of nitrogens with zero attached hydrogens (tertiary/aromatic N) is 3. The smallest absolute Gasteiger partial charge is 0.219 e. The van der Waals surface area contributed by atoms with Gasteiger partial charge in [-0.1, -0.05) is 0 Å². The lowest BCUT2D eigenvalue weighted by molar-refractivity contribution is -0.130. The topological polar surface area (TPSA) is 47.3 Å². The van der Waals surface area contributed by atoms with Crippen molar-refractivity contribution < 1.29 is 4.79 Å². The molecule has 14 heavy (non-hydrogen) atoms. The van der Waals surface area contributed by atoms with Gasteiger partial charge in [0.25, 0.3) is 0 Å². The second-order valence-corrected chi connectivity index (χ2v) is 3.93. The molecule has 0 saturated carbocycles.